The predicted octanol–water partition coefficient (Wildman–Crippen LogP) is 7.11. The van der Waals surface area contributed by atoms with E-state index in [1.54, 1.807) is 37.3 Å². The fraction of sp³-hybridized carbons (Fsp3) is 0.286. The van der Waals surface area contributed by atoms with Crippen molar-refractivity contribution >= 4 is 17.9 Å². The molecule has 9 heteroatoms. The van der Waals surface area contributed by atoms with Crippen LogP contribution in [-0.2, 0) is 19.1 Å². The van der Waals surface area contributed by atoms with Gasteiger partial charge in [-0.25, -0.2) is 14.4 Å². The highest BCUT2D eigenvalue weighted by Gasteiger charge is 2.27. The average Bonchev–Trinajstić information content (AvgIpc) is 3.28. The third kappa shape index (κ3) is 8.34. The highest BCUT2D eigenvalue weighted by molar-refractivity contribution is 5.91. The van der Waals surface area contributed by atoms with Gasteiger partial charge >= 0.3 is 17.9 Å². The van der Waals surface area contributed by atoms with Gasteiger partial charge in [0.15, 0.2) is 0 Å². The van der Waals surface area contributed by atoms with Crippen LogP contribution in [-0.4, -0.2) is 44.3 Å². The summed E-state index contributed by atoms with van der Waals surface area (Å²) in [6.07, 6.45) is 1.79. The first-order valence-electron chi connectivity index (χ1n) is 14.3. The molecule has 0 amide bonds. The normalized spacial score (nSPS) is 12.8. The monoisotopic (exact) mass is 602 g/mol. The molecule has 3 aromatic rings. The van der Waals surface area contributed by atoms with E-state index in [-0.39, 0.29) is 12.5 Å². The Bertz CT molecular complexity index is 1540. The van der Waals surface area contributed by atoms with Gasteiger partial charge in [-0.05, 0) is 90.6 Å². The number of esters is 3. The van der Waals surface area contributed by atoms with E-state index in [9.17, 15) is 18.8 Å². The Hall–Kier alpha value is -4.92. The van der Waals surface area contributed by atoms with Crippen molar-refractivity contribution in [2.24, 2.45) is 0 Å². The molecule has 4 rings (SSSR count). The van der Waals surface area contributed by atoms with Gasteiger partial charge < -0.3 is 23.7 Å². The smallest absolute Gasteiger partial charge is 0.366 e. The fourth-order valence-electron chi connectivity index (χ4n) is 4.64. The largest absolute Gasteiger partial charge is 0.494 e. The summed E-state index contributed by atoms with van der Waals surface area (Å²) in [5.74, 6) is -1.26. The van der Waals surface area contributed by atoms with Crippen LogP contribution in [0.1, 0.15) is 60.5 Å². The van der Waals surface area contributed by atoms with Gasteiger partial charge in [0.05, 0.1) is 32.0 Å². The first-order chi connectivity index (χ1) is 21.1. The van der Waals surface area contributed by atoms with Crippen LogP contribution in [0.2, 0.25) is 0 Å². The highest BCUT2D eigenvalue weighted by Crippen LogP contribution is 2.47. The van der Waals surface area contributed by atoms with Gasteiger partial charge in [-0.1, -0.05) is 32.2 Å². The van der Waals surface area contributed by atoms with E-state index in [1.807, 2.05) is 30.3 Å². The maximum atomic E-state index is 12.8. The molecule has 8 nitrogen and oxygen atoms in total. The zero-order chi connectivity index (χ0) is 31.6. The topological polar surface area (TPSA) is 97.4 Å². The lowest BCUT2D eigenvalue weighted by Gasteiger charge is -2.11. The van der Waals surface area contributed by atoms with Crippen LogP contribution >= 0.6 is 0 Å². The number of fused-ring (bicyclic) bond motifs is 3. The first-order valence-corrected chi connectivity index (χ1v) is 14.3. The van der Waals surface area contributed by atoms with Crippen molar-refractivity contribution in [3.05, 3.63) is 102 Å². The second-order valence-electron chi connectivity index (χ2n) is 10.3. The van der Waals surface area contributed by atoms with Gasteiger partial charge in [-0.3, -0.25) is 0 Å². The van der Waals surface area contributed by atoms with Crippen LogP contribution in [0.25, 0.3) is 11.1 Å². The molecular formula is C35H35FO8. The molecule has 1 atom stereocenters. The van der Waals surface area contributed by atoms with Crippen molar-refractivity contribution in [2.75, 3.05) is 26.4 Å². The summed E-state index contributed by atoms with van der Waals surface area (Å²) in [5.41, 5.74) is 5.04. The van der Waals surface area contributed by atoms with Crippen LogP contribution in [0, 0.1) is 0 Å². The molecule has 0 fully saturated rings. The van der Waals surface area contributed by atoms with Crippen LogP contribution in [0.15, 0.2) is 85.2 Å². The summed E-state index contributed by atoms with van der Waals surface area (Å²) >= 11 is 0. The molecule has 3 aromatic carbocycles. The summed E-state index contributed by atoms with van der Waals surface area (Å²) in [7, 11) is 0. The van der Waals surface area contributed by atoms with E-state index in [4.69, 9.17) is 23.7 Å². The average molecular weight is 603 g/mol. The molecule has 1 aliphatic rings. The molecule has 0 N–H and O–H groups in total. The summed E-state index contributed by atoms with van der Waals surface area (Å²) in [5, 5.41) is 0. The number of unbranched alkanes of at least 4 members (excludes halogenated alkanes) is 1. The van der Waals surface area contributed by atoms with Crippen LogP contribution < -0.4 is 14.2 Å². The summed E-state index contributed by atoms with van der Waals surface area (Å²) in [6, 6.07) is 18.2. The van der Waals surface area contributed by atoms with E-state index in [2.05, 4.69) is 20.1 Å². The van der Waals surface area contributed by atoms with Crippen LogP contribution in [0.5, 0.6) is 17.2 Å². The van der Waals surface area contributed by atoms with Gasteiger partial charge in [-0.15, -0.1) is 0 Å². The maximum Gasteiger partial charge on any atom is 0.366 e. The van der Waals surface area contributed by atoms with Crippen molar-refractivity contribution in [3.63, 3.8) is 0 Å². The fourth-order valence-corrected chi connectivity index (χ4v) is 4.64. The van der Waals surface area contributed by atoms with E-state index >= 15 is 0 Å². The zero-order valence-electron chi connectivity index (χ0n) is 24.9. The third-order valence-electron chi connectivity index (χ3n) is 6.97. The first kappa shape index (κ1) is 32.0. The quantitative estimate of drug-likeness (QED) is 0.0786. The van der Waals surface area contributed by atoms with Crippen molar-refractivity contribution in [1.82, 2.24) is 0 Å². The van der Waals surface area contributed by atoms with E-state index < -0.39 is 23.7 Å². The molecule has 0 aromatic heterocycles. The number of rotatable bonds is 15. The molecule has 1 aliphatic carbocycles. The van der Waals surface area contributed by atoms with Crippen molar-refractivity contribution < 1.29 is 42.5 Å². The van der Waals surface area contributed by atoms with E-state index in [1.165, 1.54) is 0 Å². The molecule has 44 heavy (non-hydrogen) atoms. The molecule has 0 saturated carbocycles. The number of halogens is 1. The van der Waals surface area contributed by atoms with Gasteiger partial charge in [-0.2, -0.15) is 4.39 Å². The molecule has 0 heterocycles. The molecule has 1 unspecified atom stereocenters. The van der Waals surface area contributed by atoms with Crippen molar-refractivity contribution in [1.29, 1.82) is 0 Å². The predicted molar refractivity (Wildman–Crippen MR) is 163 cm³/mol. The Morgan fingerprint density at radius 3 is 1.89 bits per heavy atom. The highest BCUT2D eigenvalue weighted by atomic mass is 19.1. The number of benzene rings is 3. The Kier molecular flexibility index (Phi) is 10.9. The van der Waals surface area contributed by atoms with Crippen LogP contribution in [0.4, 0.5) is 4.39 Å². The SMILES string of the molecule is C=C(C)C(=O)OCCCCOc1ccc(C(=O)Oc2ccc3c(c2)C(C)c2cc(OCCCOC(=O)C(=C)F)ccc2-3)cc1. The molecule has 0 aliphatic heterocycles. The number of hydrogen-bond acceptors (Lipinski definition) is 8. The van der Waals surface area contributed by atoms with Crippen LogP contribution in [0.3, 0.4) is 0 Å². The molecule has 0 spiro atoms. The Balaban J connectivity index is 1.26. The Morgan fingerprint density at radius 1 is 0.705 bits per heavy atom. The second kappa shape index (κ2) is 15.0. The maximum absolute atomic E-state index is 12.8. The summed E-state index contributed by atoms with van der Waals surface area (Å²) in [4.78, 5) is 35.3. The Labute approximate surface area is 256 Å². The number of ether oxygens (including phenoxy) is 5. The van der Waals surface area contributed by atoms with Gasteiger partial charge in [0, 0.05) is 17.9 Å². The van der Waals surface area contributed by atoms with Gasteiger partial charge in [0.1, 0.15) is 17.2 Å². The molecular weight excluding hydrogens is 567 g/mol. The van der Waals surface area contributed by atoms with Crippen molar-refractivity contribution in [3.8, 4) is 28.4 Å². The number of carbonyl (C=O) groups excluding carboxylic acids is 3. The minimum absolute atomic E-state index is 0.0335. The van der Waals surface area contributed by atoms with Crippen molar-refractivity contribution in [2.45, 2.75) is 39.0 Å². The number of carbonyl (C=O) groups is 3. The minimum Gasteiger partial charge on any atom is -0.494 e. The lowest BCUT2D eigenvalue weighted by Crippen LogP contribution is -2.09. The van der Waals surface area contributed by atoms with E-state index in [0.717, 1.165) is 22.3 Å². The lowest BCUT2D eigenvalue weighted by molar-refractivity contribution is -0.141. The van der Waals surface area contributed by atoms with E-state index in [0.29, 0.717) is 67.5 Å². The zero-order valence-corrected chi connectivity index (χ0v) is 24.9. The number of hydrogen-bond donors (Lipinski definition) is 0. The lowest BCUT2D eigenvalue weighted by atomic mass is 9.99. The second-order valence-corrected chi connectivity index (χ2v) is 10.3. The summed E-state index contributed by atoms with van der Waals surface area (Å²) in [6.45, 7) is 11.2. The molecule has 0 bridgehead atoms. The van der Waals surface area contributed by atoms with Gasteiger partial charge in [0.25, 0.3) is 0 Å². The summed E-state index contributed by atoms with van der Waals surface area (Å²) < 4.78 is 39.7. The van der Waals surface area contributed by atoms with Gasteiger partial charge in [0.2, 0.25) is 5.83 Å². The molecule has 0 saturated heterocycles. The standard InChI is InChI=1S/C35H35FO8/c1-22(2)33(37)42-17-6-5-16-40-26-10-8-25(9-11-26)35(39)44-28-13-15-30-29-14-12-27(20-31(29)23(3)32(30)21-28)41-18-7-19-43-34(38)24(4)36/h8-15,20-21,23H,1,4-7,16-19H2,2-3H3. The minimum atomic E-state index is -1.12. The molecule has 0 radical (unpaired) electrons. The Morgan fingerprint density at radius 2 is 1.23 bits per heavy atom. The third-order valence-corrected chi connectivity index (χ3v) is 6.97. The molecule has 230 valence electrons.